The molecule has 1 aliphatic carbocycles. The van der Waals surface area contributed by atoms with Gasteiger partial charge in [-0.25, -0.2) is 0 Å². The van der Waals surface area contributed by atoms with Gasteiger partial charge in [-0.2, -0.15) is 0 Å². The third-order valence-electron chi connectivity index (χ3n) is 4.53. The summed E-state index contributed by atoms with van der Waals surface area (Å²) in [5.41, 5.74) is 0.854. The van der Waals surface area contributed by atoms with Gasteiger partial charge in [-0.3, -0.25) is 9.59 Å². The van der Waals surface area contributed by atoms with Crippen LogP contribution in [0.15, 0.2) is 57.9 Å². The van der Waals surface area contributed by atoms with Crippen molar-refractivity contribution in [3.8, 4) is 0 Å². The van der Waals surface area contributed by atoms with E-state index in [1.165, 1.54) is 6.07 Å². The molecule has 1 atom stereocenters. The lowest BCUT2D eigenvalue weighted by Crippen LogP contribution is -2.36. The second-order valence-electron chi connectivity index (χ2n) is 6.23. The SMILES string of the molecule is CC(c1ccco1)N(C(=O)c1cc(=O)[nH]c2ccccc12)C1CC1. The molecular weight excluding hydrogens is 304 g/mol. The molecule has 0 aliphatic heterocycles. The Balaban J connectivity index is 1.80. The molecule has 5 nitrogen and oxygen atoms in total. The molecule has 1 fully saturated rings. The number of aromatic amines is 1. The topological polar surface area (TPSA) is 66.3 Å². The Morgan fingerprint density at radius 2 is 2.04 bits per heavy atom. The Morgan fingerprint density at radius 3 is 2.75 bits per heavy atom. The minimum Gasteiger partial charge on any atom is -0.467 e. The Bertz CT molecular complexity index is 939. The first-order valence-electron chi connectivity index (χ1n) is 8.13. The number of carbonyl (C=O) groups is 1. The second kappa shape index (κ2) is 5.67. The highest BCUT2D eigenvalue weighted by Gasteiger charge is 2.38. The fraction of sp³-hybridized carbons (Fsp3) is 0.263. The number of amides is 1. The highest BCUT2D eigenvalue weighted by atomic mass is 16.3. The average Bonchev–Trinajstić information content (AvgIpc) is 3.25. The maximum Gasteiger partial charge on any atom is 0.255 e. The third kappa shape index (κ3) is 2.52. The van der Waals surface area contributed by atoms with E-state index in [2.05, 4.69) is 4.98 Å². The van der Waals surface area contributed by atoms with E-state index in [4.69, 9.17) is 4.42 Å². The number of rotatable bonds is 4. The quantitative estimate of drug-likeness (QED) is 0.799. The van der Waals surface area contributed by atoms with Gasteiger partial charge in [0.1, 0.15) is 5.76 Å². The molecule has 2 heterocycles. The van der Waals surface area contributed by atoms with Crippen molar-refractivity contribution in [3.05, 3.63) is 70.4 Å². The first kappa shape index (κ1) is 14.8. The Morgan fingerprint density at radius 1 is 1.25 bits per heavy atom. The van der Waals surface area contributed by atoms with Gasteiger partial charge in [0.2, 0.25) is 5.56 Å². The molecule has 1 saturated carbocycles. The van der Waals surface area contributed by atoms with E-state index in [0.29, 0.717) is 11.1 Å². The summed E-state index contributed by atoms with van der Waals surface area (Å²) in [6, 6.07) is 12.5. The molecule has 1 amide bonds. The number of nitrogens with one attached hydrogen (secondary N) is 1. The van der Waals surface area contributed by atoms with Crippen LogP contribution in [0.5, 0.6) is 0 Å². The fourth-order valence-corrected chi connectivity index (χ4v) is 3.20. The summed E-state index contributed by atoms with van der Waals surface area (Å²) in [6.07, 6.45) is 3.58. The number of nitrogens with zero attached hydrogens (tertiary/aromatic N) is 1. The summed E-state index contributed by atoms with van der Waals surface area (Å²) in [7, 11) is 0. The number of carbonyl (C=O) groups excluding carboxylic acids is 1. The van der Waals surface area contributed by atoms with E-state index in [1.807, 2.05) is 48.2 Å². The van der Waals surface area contributed by atoms with Crippen LogP contribution in [0.4, 0.5) is 0 Å². The van der Waals surface area contributed by atoms with Crippen LogP contribution in [0, 0.1) is 0 Å². The number of hydrogen-bond donors (Lipinski definition) is 1. The minimum atomic E-state index is -0.265. The molecule has 3 aromatic rings. The van der Waals surface area contributed by atoms with Crippen LogP contribution in [-0.4, -0.2) is 21.8 Å². The van der Waals surface area contributed by atoms with Crippen LogP contribution < -0.4 is 5.56 Å². The molecule has 1 unspecified atom stereocenters. The largest absolute Gasteiger partial charge is 0.467 e. The van der Waals surface area contributed by atoms with Crippen LogP contribution in [0.2, 0.25) is 0 Å². The van der Waals surface area contributed by atoms with Gasteiger partial charge in [0.15, 0.2) is 0 Å². The molecule has 2 aromatic heterocycles. The number of furan rings is 1. The van der Waals surface area contributed by atoms with E-state index >= 15 is 0 Å². The van der Waals surface area contributed by atoms with Crippen molar-refractivity contribution < 1.29 is 9.21 Å². The first-order chi connectivity index (χ1) is 11.6. The Hall–Kier alpha value is -2.82. The van der Waals surface area contributed by atoms with Crippen LogP contribution >= 0.6 is 0 Å². The van der Waals surface area contributed by atoms with Gasteiger partial charge in [-0.1, -0.05) is 18.2 Å². The standard InChI is InChI=1S/C19H18N2O3/c1-12(17-7-4-10-24-17)21(13-8-9-13)19(23)15-11-18(22)20-16-6-3-2-5-14(15)16/h2-7,10-13H,8-9H2,1H3,(H,20,22). The monoisotopic (exact) mass is 322 g/mol. The summed E-state index contributed by atoms with van der Waals surface area (Å²) < 4.78 is 5.49. The number of para-hydroxylation sites is 1. The third-order valence-corrected chi connectivity index (χ3v) is 4.53. The zero-order valence-corrected chi connectivity index (χ0v) is 13.4. The van der Waals surface area contributed by atoms with Gasteiger partial charge in [-0.05, 0) is 38.0 Å². The van der Waals surface area contributed by atoms with Gasteiger partial charge >= 0.3 is 0 Å². The molecule has 122 valence electrons. The van der Waals surface area contributed by atoms with Crippen LogP contribution in [0.25, 0.3) is 10.9 Å². The Labute approximate surface area is 138 Å². The first-order valence-corrected chi connectivity index (χ1v) is 8.13. The summed E-state index contributed by atoms with van der Waals surface area (Å²) in [4.78, 5) is 29.9. The maximum absolute atomic E-state index is 13.3. The van der Waals surface area contributed by atoms with E-state index < -0.39 is 0 Å². The summed E-state index contributed by atoms with van der Waals surface area (Å²) in [5, 5.41) is 0.763. The highest BCUT2D eigenvalue weighted by molar-refractivity contribution is 6.06. The van der Waals surface area contributed by atoms with Gasteiger partial charge in [0.05, 0.1) is 17.9 Å². The van der Waals surface area contributed by atoms with Crippen LogP contribution in [-0.2, 0) is 0 Å². The van der Waals surface area contributed by atoms with E-state index in [-0.39, 0.29) is 23.6 Å². The van der Waals surface area contributed by atoms with Gasteiger partial charge in [-0.15, -0.1) is 0 Å². The lowest BCUT2D eigenvalue weighted by molar-refractivity contribution is 0.0654. The van der Waals surface area contributed by atoms with E-state index in [0.717, 1.165) is 24.0 Å². The molecule has 0 saturated heterocycles. The summed E-state index contributed by atoms with van der Waals surface area (Å²) in [6.45, 7) is 1.96. The lowest BCUT2D eigenvalue weighted by atomic mass is 10.1. The predicted octanol–water partition coefficient (Wildman–Crippen LogP) is 3.49. The van der Waals surface area contributed by atoms with Crippen molar-refractivity contribution in [2.24, 2.45) is 0 Å². The van der Waals surface area contributed by atoms with E-state index in [1.54, 1.807) is 6.26 Å². The van der Waals surface area contributed by atoms with Gasteiger partial charge < -0.3 is 14.3 Å². The van der Waals surface area contributed by atoms with Crippen LogP contribution in [0.3, 0.4) is 0 Å². The van der Waals surface area contributed by atoms with Crippen molar-refractivity contribution in [1.82, 2.24) is 9.88 Å². The summed E-state index contributed by atoms with van der Waals surface area (Å²) in [5.74, 6) is 0.632. The second-order valence-corrected chi connectivity index (χ2v) is 6.23. The molecule has 4 rings (SSSR count). The number of H-pyrrole nitrogens is 1. The van der Waals surface area contributed by atoms with Crippen LogP contribution in [0.1, 0.15) is 41.9 Å². The summed E-state index contributed by atoms with van der Waals surface area (Å²) >= 11 is 0. The zero-order valence-electron chi connectivity index (χ0n) is 13.4. The molecule has 24 heavy (non-hydrogen) atoms. The van der Waals surface area contributed by atoms with Crippen molar-refractivity contribution >= 4 is 16.8 Å². The number of hydrogen-bond acceptors (Lipinski definition) is 3. The number of pyridine rings is 1. The lowest BCUT2D eigenvalue weighted by Gasteiger charge is -2.28. The molecule has 1 N–H and O–H groups in total. The smallest absolute Gasteiger partial charge is 0.255 e. The normalized spacial score (nSPS) is 15.4. The highest BCUT2D eigenvalue weighted by Crippen LogP contribution is 2.36. The molecule has 1 aliphatic rings. The minimum absolute atomic E-state index is 0.122. The van der Waals surface area contributed by atoms with Crippen molar-refractivity contribution in [2.45, 2.75) is 31.8 Å². The Kier molecular flexibility index (Phi) is 3.49. The van der Waals surface area contributed by atoms with Crippen molar-refractivity contribution in [1.29, 1.82) is 0 Å². The molecule has 0 spiro atoms. The molecule has 1 aromatic carbocycles. The molecule has 0 radical (unpaired) electrons. The van der Waals surface area contributed by atoms with E-state index in [9.17, 15) is 9.59 Å². The molecule has 0 bridgehead atoms. The number of fused-ring (bicyclic) bond motifs is 1. The number of benzene rings is 1. The molecule has 5 heteroatoms. The number of aromatic nitrogens is 1. The average molecular weight is 322 g/mol. The maximum atomic E-state index is 13.3. The predicted molar refractivity (Wildman–Crippen MR) is 90.9 cm³/mol. The van der Waals surface area contributed by atoms with Gasteiger partial charge in [0, 0.05) is 23.0 Å². The van der Waals surface area contributed by atoms with Gasteiger partial charge in [0.25, 0.3) is 5.91 Å². The fourth-order valence-electron chi connectivity index (χ4n) is 3.20. The van der Waals surface area contributed by atoms with Crippen molar-refractivity contribution in [3.63, 3.8) is 0 Å². The van der Waals surface area contributed by atoms with Crippen molar-refractivity contribution in [2.75, 3.05) is 0 Å². The molecular formula is C19H18N2O3. The zero-order chi connectivity index (χ0) is 16.7.